The van der Waals surface area contributed by atoms with Crippen molar-refractivity contribution >= 4 is 0 Å². The molecule has 2 heterocycles. The number of rotatable bonds is 6. The van der Waals surface area contributed by atoms with Gasteiger partial charge in [-0.15, -0.1) is 0 Å². The average molecular weight is 441 g/mol. The Hall–Kier alpha value is -2.12. The van der Waals surface area contributed by atoms with Crippen molar-refractivity contribution in [2.24, 2.45) is 11.5 Å². The van der Waals surface area contributed by atoms with Gasteiger partial charge >= 0.3 is 0 Å². The van der Waals surface area contributed by atoms with E-state index < -0.39 is 0 Å². The first kappa shape index (κ1) is 24.5. The Morgan fingerprint density at radius 3 is 1.22 bits per heavy atom. The summed E-state index contributed by atoms with van der Waals surface area (Å²) in [5.41, 5.74) is 14.5. The fourth-order valence-corrected chi connectivity index (χ4v) is 4.20. The summed E-state index contributed by atoms with van der Waals surface area (Å²) in [4.78, 5) is 4.93. The van der Waals surface area contributed by atoms with Crippen LogP contribution < -0.4 is 20.9 Å². The third kappa shape index (κ3) is 8.10. The molecular weight excluding hydrogens is 400 g/mol. The quantitative estimate of drug-likeness (QED) is 0.718. The zero-order valence-electron chi connectivity index (χ0n) is 19.7. The Balaban J connectivity index is 0.000000181. The van der Waals surface area contributed by atoms with Crippen LogP contribution in [0.1, 0.15) is 36.8 Å². The van der Waals surface area contributed by atoms with Gasteiger partial charge in [-0.05, 0) is 87.3 Å². The van der Waals surface area contributed by atoms with Crippen LogP contribution >= 0.6 is 0 Å². The number of ether oxygens (including phenoxy) is 2. The van der Waals surface area contributed by atoms with Crippen LogP contribution in [0.15, 0.2) is 48.5 Å². The molecule has 0 aromatic heterocycles. The largest absolute Gasteiger partial charge is 0.497 e. The summed E-state index contributed by atoms with van der Waals surface area (Å²) in [5, 5.41) is 0. The van der Waals surface area contributed by atoms with E-state index in [1.807, 2.05) is 24.3 Å². The highest BCUT2D eigenvalue weighted by Crippen LogP contribution is 2.17. The van der Waals surface area contributed by atoms with Crippen molar-refractivity contribution in [3.8, 4) is 11.5 Å². The topological polar surface area (TPSA) is 77.0 Å². The predicted molar refractivity (Wildman–Crippen MR) is 131 cm³/mol. The Bertz CT molecular complexity index is 698. The van der Waals surface area contributed by atoms with Gasteiger partial charge in [0.05, 0.1) is 14.2 Å². The standard InChI is InChI=1S/2C13H20N2O/c2*1-16-13-4-2-11(3-5-13)10-15-8-6-12(14)7-9-15/h2*2-5,12H,6-10,14H2,1H3. The molecule has 6 heteroatoms. The minimum Gasteiger partial charge on any atom is -0.497 e. The summed E-state index contributed by atoms with van der Waals surface area (Å²) in [6.07, 6.45) is 4.48. The minimum atomic E-state index is 0.409. The Labute approximate surface area is 193 Å². The van der Waals surface area contributed by atoms with Crippen molar-refractivity contribution in [1.82, 2.24) is 9.80 Å². The number of hydrogen-bond acceptors (Lipinski definition) is 6. The molecular formula is C26H40N4O2. The fourth-order valence-electron chi connectivity index (χ4n) is 4.20. The smallest absolute Gasteiger partial charge is 0.118 e. The van der Waals surface area contributed by atoms with E-state index in [0.717, 1.165) is 76.5 Å². The second-order valence-electron chi connectivity index (χ2n) is 8.92. The predicted octanol–water partition coefficient (Wildman–Crippen LogP) is 3.24. The molecule has 2 aromatic carbocycles. The van der Waals surface area contributed by atoms with Crippen LogP contribution in [0, 0.1) is 0 Å². The van der Waals surface area contributed by atoms with Crippen LogP contribution in [0.4, 0.5) is 0 Å². The molecule has 4 rings (SSSR count). The third-order valence-electron chi connectivity index (χ3n) is 6.39. The number of benzene rings is 2. The zero-order valence-corrected chi connectivity index (χ0v) is 19.7. The second-order valence-corrected chi connectivity index (χ2v) is 8.92. The SMILES string of the molecule is COc1ccc(CN2CCC(N)CC2)cc1.COc1ccc(CN2CCC(N)CC2)cc1. The van der Waals surface area contributed by atoms with Crippen LogP contribution in [0.5, 0.6) is 11.5 Å². The van der Waals surface area contributed by atoms with Crippen LogP contribution in [-0.4, -0.2) is 62.3 Å². The van der Waals surface area contributed by atoms with Gasteiger partial charge in [0.2, 0.25) is 0 Å². The lowest BCUT2D eigenvalue weighted by atomic mass is 10.1. The lowest BCUT2D eigenvalue weighted by Crippen LogP contribution is -2.39. The molecule has 4 N–H and O–H groups in total. The van der Waals surface area contributed by atoms with Gasteiger partial charge in [0.1, 0.15) is 11.5 Å². The maximum atomic E-state index is 5.89. The Kier molecular flexibility index (Phi) is 9.81. The molecule has 2 aromatic rings. The number of hydrogen-bond donors (Lipinski definition) is 2. The summed E-state index contributed by atoms with van der Waals surface area (Å²) in [7, 11) is 3.39. The molecule has 0 bridgehead atoms. The van der Waals surface area contributed by atoms with E-state index >= 15 is 0 Å². The molecule has 2 fully saturated rings. The fraction of sp³-hybridized carbons (Fsp3) is 0.538. The molecule has 2 aliphatic heterocycles. The lowest BCUT2D eigenvalue weighted by Gasteiger charge is -2.30. The third-order valence-corrected chi connectivity index (χ3v) is 6.39. The van der Waals surface area contributed by atoms with Crippen molar-refractivity contribution in [2.75, 3.05) is 40.4 Å². The number of likely N-dealkylation sites (tertiary alicyclic amines) is 2. The molecule has 6 nitrogen and oxygen atoms in total. The van der Waals surface area contributed by atoms with E-state index in [1.165, 1.54) is 11.1 Å². The highest BCUT2D eigenvalue weighted by atomic mass is 16.5. The van der Waals surface area contributed by atoms with Gasteiger partial charge in [0.25, 0.3) is 0 Å². The minimum absolute atomic E-state index is 0.409. The van der Waals surface area contributed by atoms with Gasteiger partial charge in [0, 0.05) is 25.2 Å². The molecule has 2 aliphatic rings. The van der Waals surface area contributed by atoms with E-state index in [2.05, 4.69) is 34.1 Å². The van der Waals surface area contributed by atoms with Crippen LogP contribution in [0.25, 0.3) is 0 Å². The van der Waals surface area contributed by atoms with Gasteiger partial charge in [-0.1, -0.05) is 24.3 Å². The number of methoxy groups -OCH3 is 2. The monoisotopic (exact) mass is 440 g/mol. The van der Waals surface area contributed by atoms with Gasteiger partial charge < -0.3 is 20.9 Å². The van der Waals surface area contributed by atoms with E-state index in [4.69, 9.17) is 20.9 Å². The maximum absolute atomic E-state index is 5.89. The Morgan fingerprint density at radius 1 is 0.625 bits per heavy atom. The molecule has 0 atom stereocenters. The summed E-state index contributed by atoms with van der Waals surface area (Å²) < 4.78 is 10.3. The summed E-state index contributed by atoms with van der Waals surface area (Å²) >= 11 is 0. The first-order valence-corrected chi connectivity index (χ1v) is 11.8. The first-order valence-electron chi connectivity index (χ1n) is 11.8. The molecule has 176 valence electrons. The van der Waals surface area contributed by atoms with Gasteiger partial charge in [-0.3, -0.25) is 9.80 Å². The van der Waals surface area contributed by atoms with E-state index in [-0.39, 0.29) is 0 Å². The van der Waals surface area contributed by atoms with E-state index in [1.54, 1.807) is 14.2 Å². The number of nitrogens with two attached hydrogens (primary N) is 2. The second kappa shape index (κ2) is 12.8. The maximum Gasteiger partial charge on any atom is 0.118 e. The summed E-state index contributed by atoms with van der Waals surface area (Å²) in [6, 6.07) is 17.4. The first-order chi connectivity index (χ1) is 15.6. The number of piperidine rings is 2. The molecule has 0 spiro atoms. The van der Waals surface area contributed by atoms with Crippen molar-refractivity contribution in [3.63, 3.8) is 0 Å². The van der Waals surface area contributed by atoms with Gasteiger partial charge in [-0.2, -0.15) is 0 Å². The van der Waals surface area contributed by atoms with Crippen molar-refractivity contribution in [1.29, 1.82) is 0 Å². The van der Waals surface area contributed by atoms with Crippen molar-refractivity contribution < 1.29 is 9.47 Å². The molecule has 0 amide bonds. The molecule has 0 aliphatic carbocycles. The molecule has 2 saturated heterocycles. The summed E-state index contributed by atoms with van der Waals surface area (Å²) in [6.45, 7) is 6.52. The average Bonchev–Trinajstić information content (AvgIpc) is 2.83. The molecule has 0 unspecified atom stereocenters. The van der Waals surface area contributed by atoms with Crippen LogP contribution in [0.3, 0.4) is 0 Å². The van der Waals surface area contributed by atoms with Crippen molar-refractivity contribution in [2.45, 2.75) is 50.9 Å². The lowest BCUT2D eigenvalue weighted by molar-refractivity contribution is 0.205. The van der Waals surface area contributed by atoms with Gasteiger partial charge in [0.15, 0.2) is 0 Å². The van der Waals surface area contributed by atoms with E-state index in [9.17, 15) is 0 Å². The molecule has 0 saturated carbocycles. The highest BCUT2D eigenvalue weighted by molar-refractivity contribution is 5.27. The summed E-state index contributed by atoms with van der Waals surface area (Å²) in [5.74, 6) is 1.84. The highest BCUT2D eigenvalue weighted by Gasteiger charge is 2.16. The van der Waals surface area contributed by atoms with E-state index in [0.29, 0.717) is 12.1 Å². The normalized spacial score (nSPS) is 18.6. The number of nitrogens with zero attached hydrogens (tertiary/aromatic N) is 2. The van der Waals surface area contributed by atoms with Crippen LogP contribution in [0.2, 0.25) is 0 Å². The van der Waals surface area contributed by atoms with Crippen molar-refractivity contribution in [3.05, 3.63) is 59.7 Å². The van der Waals surface area contributed by atoms with Gasteiger partial charge in [-0.25, -0.2) is 0 Å². The molecule has 32 heavy (non-hydrogen) atoms. The van der Waals surface area contributed by atoms with Crippen LogP contribution in [-0.2, 0) is 13.1 Å². The molecule has 0 radical (unpaired) electrons. The Morgan fingerprint density at radius 2 is 0.938 bits per heavy atom. The zero-order chi connectivity index (χ0) is 22.8.